The summed E-state index contributed by atoms with van der Waals surface area (Å²) in [5, 5.41) is 16.8. The van der Waals surface area contributed by atoms with E-state index in [1.165, 1.54) is 6.20 Å². The minimum absolute atomic E-state index is 0.109. The maximum Gasteiger partial charge on any atom is 0.222 e. The first-order chi connectivity index (χ1) is 4.22. The normalized spacial score (nSPS) is 19.1. The van der Waals surface area contributed by atoms with Crippen LogP contribution in [0.1, 0.15) is 0 Å². The van der Waals surface area contributed by atoms with E-state index in [4.69, 9.17) is 10.6 Å². The second-order valence-corrected chi connectivity index (χ2v) is 1.93. The zero-order valence-corrected chi connectivity index (χ0v) is 5.20. The fourth-order valence-electron chi connectivity index (χ4n) is 0.637. The van der Waals surface area contributed by atoms with Crippen molar-refractivity contribution >= 4 is 5.96 Å². The van der Waals surface area contributed by atoms with Crippen LogP contribution in [-0.4, -0.2) is 34.7 Å². The summed E-state index contributed by atoms with van der Waals surface area (Å²) in [5.41, 5.74) is 0. The smallest absolute Gasteiger partial charge is 0.222 e. The van der Waals surface area contributed by atoms with Gasteiger partial charge in [-0.25, -0.2) is 0 Å². The number of hydroxylamine groups is 2. The lowest BCUT2D eigenvalue weighted by atomic mass is 10.5. The first kappa shape index (κ1) is 6.10. The number of hydrogen-bond donors (Lipinski definition) is 2. The molecule has 1 heterocycles. The van der Waals surface area contributed by atoms with E-state index in [1.807, 2.05) is 0 Å². The first-order valence-corrected chi connectivity index (χ1v) is 2.66. The quantitative estimate of drug-likeness (QED) is 0.484. The summed E-state index contributed by atoms with van der Waals surface area (Å²) in [7, 11) is 1.75. The standard InChI is InChI=1S/C5H9N3O/c1-7-3-2-4-8(9)5(7)6/h2,4,6,9H,3H2,1H3. The Hall–Kier alpha value is -1.03. The van der Waals surface area contributed by atoms with Gasteiger partial charge in [0, 0.05) is 19.8 Å². The van der Waals surface area contributed by atoms with Crippen LogP contribution in [0.3, 0.4) is 0 Å². The molecule has 1 aliphatic rings. The van der Waals surface area contributed by atoms with Gasteiger partial charge in [0.15, 0.2) is 0 Å². The molecule has 0 bridgehead atoms. The molecule has 2 N–H and O–H groups in total. The monoisotopic (exact) mass is 127 g/mol. The van der Waals surface area contributed by atoms with Crippen LogP contribution < -0.4 is 0 Å². The van der Waals surface area contributed by atoms with Crippen molar-refractivity contribution in [2.45, 2.75) is 0 Å². The Kier molecular flexibility index (Phi) is 1.40. The third kappa shape index (κ3) is 1.02. The third-order valence-corrected chi connectivity index (χ3v) is 1.20. The van der Waals surface area contributed by atoms with Crippen molar-refractivity contribution in [2.24, 2.45) is 0 Å². The zero-order valence-electron chi connectivity index (χ0n) is 5.20. The van der Waals surface area contributed by atoms with Gasteiger partial charge in [0.2, 0.25) is 5.96 Å². The molecule has 1 aliphatic heterocycles. The van der Waals surface area contributed by atoms with Gasteiger partial charge in [-0.15, -0.1) is 0 Å². The van der Waals surface area contributed by atoms with Crippen LogP contribution in [0.2, 0.25) is 0 Å². The van der Waals surface area contributed by atoms with E-state index in [0.29, 0.717) is 6.54 Å². The second-order valence-electron chi connectivity index (χ2n) is 1.93. The number of hydrogen-bond acceptors (Lipinski definition) is 2. The number of likely N-dealkylation sites (N-methyl/N-ethyl adjacent to an activating group) is 1. The molecule has 0 fully saturated rings. The van der Waals surface area contributed by atoms with Crippen molar-refractivity contribution in [2.75, 3.05) is 13.6 Å². The van der Waals surface area contributed by atoms with E-state index < -0.39 is 0 Å². The Morgan fingerprint density at radius 2 is 2.44 bits per heavy atom. The van der Waals surface area contributed by atoms with Gasteiger partial charge in [-0.05, 0) is 6.08 Å². The van der Waals surface area contributed by atoms with E-state index in [-0.39, 0.29) is 5.96 Å². The molecule has 0 atom stereocenters. The molecule has 0 amide bonds. The molecule has 0 saturated heterocycles. The molecule has 4 nitrogen and oxygen atoms in total. The summed E-state index contributed by atoms with van der Waals surface area (Å²) in [4.78, 5) is 1.62. The van der Waals surface area contributed by atoms with Gasteiger partial charge < -0.3 is 4.90 Å². The highest BCUT2D eigenvalue weighted by molar-refractivity contribution is 5.77. The van der Waals surface area contributed by atoms with Crippen LogP contribution in [0.25, 0.3) is 0 Å². The highest BCUT2D eigenvalue weighted by atomic mass is 16.5. The molecule has 0 aromatic heterocycles. The molecular weight excluding hydrogens is 118 g/mol. The summed E-state index contributed by atoms with van der Waals surface area (Å²) in [6.45, 7) is 0.690. The van der Waals surface area contributed by atoms with Crippen molar-refractivity contribution in [1.29, 1.82) is 5.41 Å². The predicted octanol–water partition coefficient (Wildman–Crippen LogP) is 0.0715. The van der Waals surface area contributed by atoms with E-state index in [2.05, 4.69) is 0 Å². The molecular formula is C5H9N3O. The highest BCUT2D eigenvalue weighted by Crippen LogP contribution is 1.98. The predicted molar refractivity (Wildman–Crippen MR) is 33.1 cm³/mol. The van der Waals surface area contributed by atoms with Crippen LogP contribution in [0.5, 0.6) is 0 Å². The molecule has 1 rings (SSSR count). The molecule has 9 heavy (non-hydrogen) atoms. The molecule has 0 radical (unpaired) electrons. The van der Waals surface area contributed by atoms with Gasteiger partial charge in [-0.3, -0.25) is 10.6 Å². The number of rotatable bonds is 0. The topological polar surface area (TPSA) is 50.6 Å². The molecule has 0 spiro atoms. The lowest BCUT2D eigenvalue weighted by molar-refractivity contribution is 0.0185. The van der Waals surface area contributed by atoms with Gasteiger partial charge in [0.1, 0.15) is 0 Å². The average molecular weight is 127 g/mol. The largest absolute Gasteiger partial charge is 0.340 e. The number of nitrogens with one attached hydrogen (secondary N) is 1. The van der Waals surface area contributed by atoms with E-state index in [9.17, 15) is 0 Å². The minimum Gasteiger partial charge on any atom is -0.340 e. The molecule has 0 aliphatic carbocycles. The fourth-order valence-corrected chi connectivity index (χ4v) is 0.637. The maximum absolute atomic E-state index is 8.83. The Morgan fingerprint density at radius 1 is 1.78 bits per heavy atom. The fraction of sp³-hybridized carbons (Fsp3) is 0.400. The van der Waals surface area contributed by atoms with Crippen LogP contribution in [0.4, 0.5) is 0 Å². The zero-order chi connectivity index (χ0) is 6.85. The molecule has 0 aromatic rings. The average Bonchev–Trinajstić information content (AvgIpc) is 1.83. The van der Waals surface area contributed by atoms with Crippen LogP contribution in [0.15, 0.2) is 12.3 Å². The van der Waals surface area contributed by atoms with E-state index >= 15 is 0 Å². The summed E-state index contributed by atoms with van der Waals surface area (Å²) in [6, 6.07) is 0. The van der Waals surface area contributed by atoms with Crippen LogP contribution >= 0.6 is 0 Å². The Balaban J connectivity index is 2.69. The van der Waals surface area contributed by atoms with Gasteiger partial charge in [0.05, 0.1) is 0 Å². The van der Waals surface area contributed by atoms with Gasteiger partial charge >= 0.3 is 0 Å². The van der Waals surface area contributed by atoms with Crippen molar-refractivity contribution in [3.05, 3.63) is 12.3 Å². The second kappa shape index (κ2) is 2.06. The Morgan fingerprint density at radius 3 is 2.89 bits per heavy atom. The van der Waals surface area contributed by atoms with Crippen molar-refractivity contribution in [3.8, 4) is 0 Å². The third-order valence-electron chi connectivity index (χ3n) is 1.20. The maximum atomic E-state index is 8.83. The molecule has 0 unspecified atom stereocenters. The van der Waals surface area contributed by atoms with E-state index in [1.54, 1.807) is 18.0 Å². The summed E-state index contributed by atoms with van der Waals surface area (Å²) >= 11 is 0. The summed E-state index contributed by atoms with van der Waals surface area (Å²) < 4.78 is 0. The number of nitrogens with zero attached hydrogens (tertiary/aromatic N) is 2. The first-order valence-electron chi connectivity index (χ1n) is 2.66. The van der Waals surface area contributed by atoms with Gasteiger partial charge in [0.25, 0.3) is 0 Å². The molecule has 0 aromatic carbocycles. The van der Waals surface area contributed by atoms with Crippen molar-refractivity contribution < 1.29 is 5.21 Å². The Bertz CT molecular complexity index is 154. The van der Waals surface area contributed by atoms with Gasteiger partial charge in [-0.1, -0.05) is 0 Å². The molecule has 4 heteroatoms. The Labute approximate surface area is 53.5 Å². The van der Waals surface area contributed by atoms with Crippen LogP contribution in [0, 0.1) is 5.41 Å². The lowest BCUT2D eigenvalue weighted by Crippen LogP contribution is -2.39. The SMILES string of the molecule is CN1CC=CN(O)C1=N. The van der Waals surface area contributed by atoms with Crippen LogP contribution in [-0.2, 0) is 0 Å². The highest BCUT2D eigenvalue weighted by Gasteiger charge is 2.11. The summed E-state index contributed by atoms with van der Waals surface area (Å²) in [6.07, 6.45) is 3.24. The lowest BCUT2D eigenvalue weighted by Gasteiger charge is -2.26. The molecule has 0 saturated carbocycles. The van der Waals surface area contributed by atoms with E-state index in [0.717, 1.165) is 5.06 Å². The van der Waals surface area contributed by atoms with Crippen molar-refractivity contribution in [3.63, 3.8) is 0 Å². The molecule has 50 valence electrons. The minimum atomic E-state index is 0.109. The van der Waals surface area contributed by atoms with Crippen molar-refractivity contribution in [1.82, 2.24) is 9.96 Å². The number of guanidine groups is 1. The summed E-state index contributed by atoms with van der Waals surface area (Å²) in [5.74, 6) is 0.109. The van der Waals surface area contributed by atoms with Gasteiger partial charge in [-0.2, -0.15) is 5.06 Å².